The Morgan fingerprint density at radius 2 is 1.69 bits per heavy atom. The van der Waals surface area contributed by atoms with E-state index in [-0.39, 0.29) is 12.5 Å². The van der Waals surface area contributed by atoms with Gasteiger partial charge in [0.05, 0.1) is 34.6 Å². The van der Waals surface area contributed by atoms with Gasteiger partial charge in [-0.1, -0.05) is 47.5 Å². The van der Waals surface area contributed by atoms with E-state index in [9.17, 15) is 9.59 Å². The molecule has 0 atom stereocenters. The average Bonchev–Trinajstić information content (AvgIpc) is 2.79. The number of benzene rings is 3. The molecule has 0 aliphatic carbocycles. The van der Waals surface area contributed by atoms with Crippen LogP contribution in [0.1, 0.15) is 15.9 Å². The number of anilines is 1. The highest BCUT2D eigenvalue weighted by Gasteiger charge is 2.11. The van der Waals surface area contributed by atoms with Crippen LogP contribution in [0.3, 0.4) is 0 Å². The van der Waals surface area contributed by atoms with E-state index in [4.69, 9.17) is 32.7 Å². The van der Waals surface area contributed by atoms with Crippen LogP contribution in [-0.4, -0.2) is 31.7 Å². The molecule has 2 amide bonds. The fraction of sp³-hybridized carbons (Fsp3) is 0.0870. The number of hydrazone groups is 1. The van der Waals surface area contributed by atoms with Crippen LogP contribution in [0.15, 0.2) is 71.8 Å². The number of carbonyl (C=O) groups is 2. The molecule has 0 unspecified atom stereocenters. The lowest BCUT2D eigenvalue weighted by Crippen LogP contribution is -2.20. The number of para-hydroxylation sites is 1. The zero-order valence-corrected chi connectivity index (χ0v) is 18.5. The topological polar surface area (TPSA) is 89.0 Å². The highest BCUT2D eigenvalue weighted by Crippen LogP contribution is 2.28. The van der Waals surface area contributed by atoms with Gasteiger partial charge in [0.2, 0.25) is 0 Å². The second kappa shape index (κ2) is 11.2. The summed E-state index contributed by atoms with van der Waals surface area (Å²) >= 11 is 12.0. The van der Waals surface area contributed by atoms with Crippen LogP contribution in [0.2, 0.25) is 10.0 Å². The van der Waals surface area contributed by atoms with E-state index in [1.807, 2.05) is 0 Å². The normalized spacial score (nSPS) is 10.6. The molecule has 3 aromatic carbocycles. The van der Waals surface area contributed by atoms with Gasteiger partial charge in [-0.3, -0.25) is 9.59 Å². The molecular formula is C23H19Cl2N3O4. The van der Waals surface area contributed by atoms with Gasteiger partial charge in [-0.15, -0.1) is 0 Å². The number of amides is 2. The van der Waals surface area contributed by atoms with Crippen LogP contribution < -0.4 is 20.2 Å². The van der Waals surface area contributed by atoms with Gasteiger partial charge in [0.25, 0.3) is 11.8 Å². The van der Waals surface area contributed by atoms with Gasteiger partial charge in [0, 0.05) is 0 Å². The minimum Gasteiger partial charge on any atom is -0.493 e. The quantitative estimate of drug-likeness (QED) is 0.365. The van der Waals surface area contributed by atoms with E-state index in [0.29, 0.717) is 38.4 Å². The van der Waals surface area contributed by atoms with E-state index >= 15 is 0 Å². The van der Waals surface area contributed by atoms with Crippen molar-refractivity contribution in [2.24, 2.45) is 5.10 Å². The van der Waals surface area contributed by atoms with E-state index in [1.165, 1.54) is 13.3 Å². The fourth-order valence-corrected chi connectivity index (χ4v) is 3.05. The Balaban J connectivity index is 1.58. The Morgan fingerprint density at radius 1 is 0.969 bits per heavy atom. The summed E-state index contributed by atoms with van der Waals surface area (Å²) in [4.78, 5) is 24.3. The number of nitrogens with one attached hydrogen (secondary N) is 2. The van der Waals surface area contributed by atoms with Crippen molar-refractivity contribution in [3.05, 3.63) is 87.9 Å². The molecule has 0 aromatic heterocycles. The number of carbonyl (C=O) groups excluding carboxylic acids is 2. The summed E-state index contributed by atoms with van der Waals surface area (Å²) in [7, 11) is 1.48. The maximum Gasteiger partial charge on any atom is 0.272 e. The number of halogens is 2. The molecule has 0 radical (unpaired) electrons. The summed E-state index contributed by atoms with van der Waals surface area (Å²) in [6.07, 6.45) is 1.45. The number of ether oxygens (including phenoxy) is 2. The largest absolute Gasteiger partial charge is 0.493 e. The van der Waals surface area contributed by atoms with Gasteiger partial charge >= 0.3 is 0 Å². The van der Waals surface area contributed by atoms with Gasteiger partial charge in [-0.2, -0.15) is 5.10 Å². The lowest BCUT2D eigenvalue weighted by atomic mass is 10.2. The fourth-order valence-electron chi connectivity index (χ4n) is 2.65. The number of nitrogens with zero attached hydrogens (tertiary/aromatic N) is 1. The summed E-state index contributed by atoms with van der Waals surface area (Å²) in [5.74, 6) is -0.0210. The molecule has 2 N–H and O–H groups in total. The molecule has 9 heteroatoms. The Morgan fingerprint density at radius 3 is 2.41 bits per heavy atom. The van der Waals surface area contributed by atoms with E-state index in [2.05, 4.69) is 15.8 Å². The van der Waals surface area contributed by atoms with Crippen molar-refractivity contribution in [1.82, 2.24) is 5.43 Å². The molecule has 0 heterocycles. The van der Waals surface area contributed by atoms with Gasteiger partial charge < -0.3 is 14.8 Å². The molecular weight excluding hydrogens is 453 g/mol. The van der Waals surface area contributed by atoms with Crippen molar-refractivity contribution in [3.63, 3.8) is 0 Å². The standard InChI is InChI=1S/C23H19Cl2N3O4/c1-31-21-12-15(13-26-28-23(30)16-6-2-3-7-17(16)24)10-11-20(21)32-14-22(29)27-19-9-5-4-8-18(19)25/h2-13H,14H2,1H3,(H,27,29)(H,28,30)/b26-13+. The lowest BCUT2D eigenvalue weighted by Gasteiger charge is -2.12. The first-order valence-corrected chi connectivity index (χ1v) is 10.2. The zero-order chi connectivity index (χ0) is 22.9. The van der Waals surface area contributed by atoms with Crippen LogP contribution in [0.4, 0.5) is 5.69 Å². The number of hydrogen-bond donors (Lipinski definition) is 2. The second-order valence-electron chi connectivity index (χ2n) is 6.41. The highest BCUT2D eigenvalue weighted by molar-refractivity contribution is 6.34. The van der Waals surface area contributed by atoms with Crippen molar-refractivity contribution in [2.75, 3.05) is 19.0 Å². The Hall–Kier alpha value is -3.55. The lowest BCUT2D eigenvalue weighted by molar-refractivity contribution is -0.118. The predicted octanol–water partition coefficient (Wildman–Crippen LogP) is 4.78. The maximum absolute atomic E-state index is 12.1. The predicted molar refractivity (Wildman–Crippen MR) is 125 cm³/mol. The van der Waals surface area contributed by atoms with Crippen molar-refractivity contribution in [1.29, 1.82) is 0 Å². The van der Waals surface area contributed by atoms with Crippen molar-refractivity contribution >= 4 is 46.9 Å². The second-order valence-corrected chi connectivity index (χ2v) is 7.22. The van der Waals surface area contributed by atoms with Crippen molar-refractivity contribution in [3.8, 4) is 11.5 Å². The third kappa shape index (κ3) is 6.23. The van der Waals surface area contributed by atoms with E-state index < -0.39 is 5.91 Å². The Bertz CT molecular complexity index is 1150. The van der Waals surface area contributed by atoms with Gasteiger partial charge in [-0.05, 0) is 48.0 Å². The third-order valence-electron chi connectivity index (χ3n) is 4.19. The highest BCUT2D eigenvalue weighted by atomic mass is 35.5. The summed E-state index contributed by atoms with van der Waals surface area (Å²) in [5, 5.41) is 7.38. The van der Waals surface area contributed by atoms with Crippen LogP contribution in [0.5, 0.6) is 11.5 Å². The molecule has 164 valence electrons. The number of methoxy groups -OCH3 is 1. The number of rotatable bonds is 8. The molecule has 7 nitrogen and oxygen atoms in total. The Labute approximate surface area is 194 Å². The molecule has 3 aromatic rings. The van der Waals surface area contributed by atoms with Crippen molar-refractivity contribution in [2.45, 2.75) is 0 Å². The Kier molecular flexibility index (Phi) is 8.08. The molecule has 0 fully saturated rings. The SMILES string of the molecule is COc1cc(/C=N/NC(=O)c2ccccc2Cl)ccc1OCC(=O)Nc1ccccc1Cl. The zero-order valence-electron chi connectivity index (χ0n) is 17.0. The summed E-state index contributed by atoms with van der Waals surface area (Å²) in [6, 6.07) is 18.6. The first-order valence-electron chi connectivity index (χ1n) is 9.41. The van der Waals surface area contributed by atoms with Crippen molar-refractivity contribution < 1.29 is 19.1 Å². The van der Waals surface area contributed by atoms with Gasteiger partial charge in [-0.25, -0.2) is 5.43 Å². The minimum absolute atomic E-state index is 0.233. The van der Waals surface area contributed by atoms with E-state index in [0.717, 1.165) is 0 Å². The maximum atomic E-state index is 12.1. The molecule has 0 saturated carbocycles. The molecule has 0 bridgehead atoms. The average molecular weight is 472 g/mol. The first kappa shape index (κ1) is 23.1. The van der Waals surface area contributed by atoms with E-state index in [1.54, 1.807) is 66.7 Å². The summed E-state index contributed by atoms with van der Waals surface area (Å²) in [5.41, 5.74) is 3.89. The molecule has 0 aliphatic heterocycles. The summed E-state index contributed by atoms with van der Waals surface area (Å²) in [6.45, 7) is -0.233. The van der Waals surface area contributed by atoms with Gasteiger partial charge in [0.15, 0.2) is 18.1 Å². The van der Waals surface area contributed by atoms with Crippen LogP contribution in [0, 0.1) is 0 Å². The summed E-state index contributed by atoms with van der Waals surface area (Å²) < 4.78 is 10.9. The van der Waals surface area contributed by atoms with Gasteiger partial charge in [0.1, 0.15) is 0 Å². The minimum atomic E-state index is -0.427. The monoisotopic (exact) mass is 471 g/mol. The molecule has 32 heavy (non-hydrogen) atoms. The van der Waals surface area contributed by atoms with Crippen LogP contribution >= 0.6 is 23.2 Å². The first-order chi connectivity index (χ1) is 15.5. The molecule has 3 rings (SSSR count). The molecule has 0 saturated heterocycles. The number of hydrogen-bond acceptors (Lipinski definition) is 5. The third-order valence-corrected chi connectivity index (χ3v) is 4.85. The van der Waals surface area contributed by atoms with Crippen LogP contribution in [0.25, 0.3) is 0 Å². The van der Waals surface area contributed by atoms with Crippen LogP contribution in [-0.2, 0) is 4.79 Å². The molecule has 0 aliphatic rings. The molecule has 0 spiro atoms. The smallest absolute Gasteiger partial charge is 0.272 e.